The smallest absolute Gasteiger partial charge is 0.258 e. The first-order chi connectivity index (χ1) is 16.0. The second-order valence-electron chi connectivity index (χ2n) is 7.61. The summed E-state index contributed by atoms with van der Waals surface area (Å²) < 4.78 is 5.69. The lowest BCUT2D eigenvalue weighted by Gasteiger charge is -2.21. The van der Waals surface area contributed by atoms with Crippen LogP contribution in [0.3, 0.4) is 0 Å². The van der Waals surface area contributed by atoms with Gasteiger partial charge in [-0.3, -0.25) is 9.59 Å². The largest absolute Gasteiger partial charge is 0.487 e. The Hall–Kier alpha value is -4.06. The zero-order chi connectivity index (χ0) is 23.6. The van der Waals surface area contributed by atoms with Crippen LogP contribution in [0.4, 0.5) is 17.1 Å². The van der Waals surface area contributed by atoms with Crippen LogP contribution in [0.15, 0.2) is 91.0 Å². The van der Waals surface area contributed by atoms with Gasteiger partial charge in [0.25, 0.3) is 5.91 Å². The Balaban J connectivity index is 1.57. The van der Waals surface area contributed by atoms with Crippen molar-refractivity contribution in [2.45, 2.75) is 13.8 Å². The van der Waals surface area contributed by atoms with Gasteiger partial charge in [0.05, 0.1) is 12.2 Å². The molecule has 0 spiro atoms. The quantitative estimate of drug-likeness (QED) is 0.414. The van der Waals surface area contributed by atoms with Gasteiger partial charge in [-0.15, -0.1) is 0 Å². The van der Waals surface area contributed by atoms with Gasteiger partial charge in [-0.25, -0.2) is 0 Å². The van der Waals surface area contributed by atoms with Crippen LogP contribution in [0.25, 0.3) is 0 Å². The summed E-state index contributed by atoms with van der Waals surface area (Å²) in [4.78, 5) is 27.1. The molecule has 0 unspecified atom stereocenters. The molecule has 3 aromatic rings. The summed E-state index contributed by atoms with van der Waals surface area (Å²) in [5.74, 6) is 0.317. The van der Waals surface area contributed by atoms with Gasteiger partial charge >= 0.3 is 0 Å². The van der Waals surface area contributed by atoms with E-state index in [1.54, 1.807) is 41.3 Å². The van der Waals surface area contributed by atoms with Crippen LogP contribution in [0.1, 0.15) is 24.2 Å². The first-order valence-corrected chi connectivity index (χ1v) is 10.8. The van der Waals surface area contributed by atoms with Gasteiger partial charge in [0, 0.05) is 23.5 Å². The Bertz CT molecular complexity index is 1100. The molecule has 3 rings (SSSR count). The van der Waals surface area contributed by atoms with Crippen LogP contribution in [-0.4, -0.2) is 31.5 Å². The number of nitrogens with zero attached hydrogens (tertiary/aromatic N) is 1. The molecule has 0 atom stereocenters. The third kappa shape index (κ3) is 6.71. The maximum atomic E-state index is 12.9. The molecule has 0 fully saturated rings. The van der Waals surface area contributed by atoms with E-state index in [-0.39, 0.29) is 18.4 Å². The molecular formula is C27H29N3O3. The van der Waals surface area contributed by atoms with Crippen LogP contribution < -0.4 is 20.3 Å². The maximum Gasteiger partial charge on any atom is 0.258 e. The third-order valence-electron chi connectivity index (χ3n) is 4.85. The monoisotopic (exact) mass is 443 g/mol. The molecule has 170 valence electrons. The molecule has 6 nitrogen and oxygen atoms in total. The van der Waals surface area contributed by atoms with Crippen molar-refractivity contribution >= 4 is 28.9 Å². The summed E-state index contributed by atoms with van der Waals surface area (Å²) in [5.41, 5.74) is 3.68. The first-order valence-electron chi connectivity index (χ1n) is 10.8. The van der Waals surface area contributed by atoms with Crippen LogP contribution in [-0.2, 0) is 4.79 Å². The van der Waals surface area contributed by atoms with Gasteiger partial charge in [-0.1, -0.05) is 36.9 Å². The number of para-hydroxylation sites is 3. The first kappa shape index (κ1) is 23.6. The average molecular weight is 444 g/mol. The summed E-state index contributed by atoms with van der Waals surface area (Å²) in [6.45, 7) is 8.68. The van der Waals surface area contributed by atoms with E-state index in [0.717, 1.165) is 16.9 Å². The number of rotatable bonds is 10. The summed E-state index contributed by atoms with van der Waals surface area (Å²) in [6, 6.07) is 24.0. The molecule has 6 heteroatoms. The highest BCUT2D eigenvalue weighted by Gasteiger charge is 2.16. The van der Waals surface area contributed by atoms with Crippen molar-refractivity contribution < 1.29 is 14.3 Å². The Morgan fingerprint density at radius 3 is 2.27 bits per heavy atom. The fraction of sp³-hybridized carbons (Fsp3) is 0.185. The van der Waals surface area contributed by atoms with Crippen molar-refractivity contribution in [1.29, 1.82) is 0 Å². The molecular weight excluding hydrogens is 414 g/mol. The van der Waals surface area contributed by atoms with Crippen LogP contribution >= 0.6 is 0 Å². The number of carbonyl (C=O) groups excluding carboxylic acids is 2. The highest BCUT2D eigenvalue weighted by Crippen LogP contribution is 2.24. The van der Waals surface area contributed by atoms with Crippen molar-refractivity contribution in [3.8, 4) is 5.75 Å². The Kier molecular flexibility index (Phi) is 8.24. The van der Waals surface area contributed by atoms with E-state index in [2.05, 4.69) is 17.2 Å². The second kappa shape index (κ2) is 11.5. The molecule has 33 heavy (non-hydrogen) atoms. The molecule has 0 aliphatic carbocycles. The summed E-state index contributed by atoms with van der Waals surface area (Å²) in [7, 11) is 0. The minimum atomic E-state index is -0.206. The van der Waals surface area contributed by atoms with Gasteiger partial charge in [-0.2, -0.15) is 0 Å². The lowest BCUT2D eigenvalue weighted by molar-refractivity contribution is -0.114. The standard InChI is InChI=1S/C27H29N3O3/c1-4-30(23-10-6-5-7-11-23)27(32)21-14-16-22(17-15-21)28-18-26(31)29-24-12-8-9-13-25(24)33-19-20(2)3/h5-17,28H,2,4,18-19H2,1,3H3,(H,29,31). The number of hydrogen-bond acceptors (Lipinski definition) is 4. The van der Waals surface area contributed by atoms with E-state index < -0.39 is 0 Å². The molecule has 0 aromatic heterocycles. The van der Waals surface area contributed by atoms with E-state index in [4.69, 9.17) is 4.74 Å². The maximum absolute atomic E-state index is 12.9. The molecule has 0 radical (unpaired) electrons. The SMILES string of the molecule is C=C(C)COc1ccccc1NC(=O)CNc1ccc(C(=O)N(CC)c2ccccc2)cc1. The van der Waals surface area contributed by atoms with Crippen molar-refractivity contribution in [2.75, 3.05) is 35.2 Å². The van der Waals surface area contributed by atoms with Crippen LogP contribution in [0, 0.1) is 0 Å². The van der Waals surface area contributed by atoms with E-state index in [0.29, 0.717) is 30.2 Å². The van der Waals surface area contributed by atoms with Gasteiger partial charge in [0.2, 0.25) is 5.91 Å². The highest BCUT2D eigenvalue weighted by molar-refractivity contribution is 6.06. The van der Waals surface area contributed by atoms with E-state index in [9.17, 15) is 9.59 Å². The van der Waals surface area contributed by atoms with Gasteiger partial charge < -0.3 is 20.3 Å². The number of ether oxygens (including phenoxy) is 1. The van der Waals surface area contributed by atoms with Crippen LogP contribution in [0.2, 0.25) is 0 Å². The molecule has 2 N–H and O–H groups in total. The predicted octanol–water partition coefficient (Wildman–Crippen LogP) is 5.36. The fourth-order valence-electron chi connectivity index (χ4n) is 3.21. The number of carbonyl (C=O) groups is 2. The number of nitrogens with one attached hydrogen (secondary N) is 2. The second-order valence-corrected chi connectivity index (χ2v) is 7.61. The molecule has 0 heterocycles. The van der Waals surface area contributed by atoms with Gasteiger partial charge in [0.1, 0.15) is 12.4 Å². The summed E-state index contributed by atoms with van der Waals surface area (Å²) in [6.07, 6.45) is 0. The van der Waals surface area contributed by atoms with E-state index in [1.807, 2.05) is 56.3 Å². The molecule has 0 bridgehead atoms. The summed E-state index contributed by atoms with van der Waals surface area (Å²) >= 11 is 0. The minimum Gasteiger partial charge on any atom is -0.487 e. The number of benzene rings is 3. The number of amides is 2. The zero-order valence-electron chi connectivity index (χ0n) is 19.0. The molecule has 0 saturated heterocycles. The molecule has 2 amide bonds. The van der Waals surface area contributed by atoms with Crippen molar-refractivity contribution in [2.24, 2.45) is 0 Å². The molecule has 0 saturated carbocycles. The Morgan fingerprint density at radius 2 is 1.61 bits per heavy atom. The fourth-order valence-corrected chi connectivity index (χ4v) is 3.21. The zero-order valence-corrected chi connectivity index (χ0v) is 19.0. The average Bonchev–Trinajstić information content (AvgIpc) is 2.83. The van der Waals surface area contributed by atoms with Crippen molar-refractivity contribution in [1.82, 2.24) is 0 Å². The molecule has 0 aliphatic heterocycles. The van der Waals surface area contributed by atoms with Gasteiger partial charge in [-0.05, 0) is 68.0 Å². The minimum absolute atomic E-state index is 0.0700. The lowest BCUT2D eigenvalue weighted by atomic mass is 10.1. The highest BCUT2D eigenvalue weighted by atomic mass is 16.5. The van der Waals surface area contributed by atoms with Crippen LogP contribution in [0.5, 0.6) is 5.75 Å². The third-order valence-corrected chi connectivity index (χ3v) is 4.85. The topological polar surface area (TPSA) is 70.7 Å². The number of hydrogen-bond donors (Lipinski definition) is 2. The number of anilines is 3. The summed E-state index contributed by atoms with van der Waals surface area (Å²) in [5, 5.41) is 5.94. The Labute approximate surface area is 194 Å². The van der Waals surface area contributed by atoms with Gasteiger partial charge in [0.15, 0.2) is 0 Å². The molecule has 3 aromatic carbocycles. The normalized spacial score (nSPS) is 10.2. The van der Waals surface area contributed by atoms with Crippen molar-refractivity contribution in [3.05, 3.63) is 96.6 Å². The molecule has 0 aliphatic rings. The van der Waals surface area contributed by atoms with E-state index in [1.165, 1.54) is 0 Å². The predicted molar refractivity (Wildman–Crippen MR) is 134 cm³/mol. The Morgan fingerprint density at radius 1 is 0.939 bits per heavy atom. The van der Waals surface area contributed by atoms with Crippen molar-refractivity contribution in [3.63, 3.8) is 0 Å². The van der Waals surface area contributed by atoms with E-state index >= 15 is 0 Å². The lowest BCUT2D eigenvalue weighted by Crippen LogP contribution is -2.30.